The van der Waals surface area contributed by atoms with Crippen LogP contribution in [0.25, 0.3) is 0 Å². The molecule has 3 rings (SSSR count). The molecule has 0 aromatic heterocycles. The van der Waals surface area contributed by atoms with E-state index in [1.807, 2.05) is 11.9 Å². The van der Waals surface area contributed by atoms with Crippen LogP contribution in [0.2, 0.25) is 0 Å². The molecular weight excluding hydrogens is 186 g/mol. The summed E-state index contributed by atoms with van der Waals surface area (Å²) in [6.45, 7) is 1.02. The van der Waals surface area contributed by atoms with Crippen molar-refractivity contribution in [1.29, 1.82) is 0 Å². The molecule has 15 heavy (non-hydrogen) atoms. The first-order valence-corrected chi connectivity index (χ1v) is 6.49. The van der Waals surface area contributed by atoms with Gasteiger partial charge >= 0.3 is 0 Å². The van der Waals surface area contributed by atoms with E-state index in [9.17, 15) is 4.79 Å². The highest BCUT2D eigenvalue weighted by Gasteiger charge is 2.48. The van der Waals surface area contributed by atoms with Gasteiger partial charge in [0.25, 0.3) is 0 Å². The molecule has 1 amide bonds. The second-order valence-corrected chi connectivity index (χ2v) is 5.94. The number of hydrogen-bond acceptors (Lipinski definition) is 1. The summed E-state index contributed by atoms with van der Waals surface area (Å²) in [5, 5.41) is 0. The van der Waals surface area contributed by atoms with Crippen LogP contribution in [0.1, 0.15) is 38.5 Å². The molecule has 2 nitrogen and oxygen atoms in total. The maximum Gasteiger partial charge on any atom is 0.225 e. The Bertz CT molecular complexity index is 262. The molecule has 0 radical (unpaired) electrons. The van der Waals surface area contributed by atoms with E-state index in [1.54, 1.807) is 0 Å². The zero-order valence-electron chi connectivity index (χ0n) is 9.61. The van der Waals surface area contributed by atoms with Crippen molar-refractivity contribution < 1.29 is 4.79 Å². The van der Waals surface area contributed by atoms with Gasteiger partial charge in [-0.05, 0) is 49.9 Å². The van der Waals surface area contributed by atoms with Gasteiger partial charge in [-0.2, -0.15) is 0 Å². The van der Waals surface area contributed by atoms with Gasteiger partial charge in [0.2, 0.25) is 5.91 Å². The Morgan fingerprint density at radius 2 is 1.87 bits per heavy atom. The Labute approximate surface area is 92.0 Å². The van der Waals surface area contributed by atoms with Crippen LogP contribution in [0.5, 0.6) is 0 Å². The fourth-order valence-corrected chi connectivity index (χ4v) is 3.38. The van der Waals surface area contributed by atoms with E-state index in [1.165, 1.54) is 38.5 Å². The third kappa shape index (κ3) is 1.79. The SMILES string of the molecule is CN(CC1CCC1)C(=O)C1CC2CC2C1. The lowest BCUT2D eigenvalue weighted by atomic mass is 9.85. The van der Waals surface area contributed by atoms with E-state index in [0.717, 1.165) is 24.3 Å². The molecule has 84 valence electrons. The van der Waals surface area contributed by atoms with E-state index in [-0.39, 0.29) is 0 Å². The van der Waals surface area contributed by atoms with E-state index in [2.05, 4.69) is 0 Å². The highest BCUT2D eigenvalue weighted by molar-refractivity contribution is 5.79. The smallest absolute Gasteiger partial charge is 0.225 e. The second-order valence-electron chi connectivity index (χ2n) is 5.94. The molecule has 0 aromatic carbocycles. The lowest BCUT2D eigenvalue weighted by Crippen LogP contribution is -2.37. The van der Waals surface area contributed by atoms with Gasteiger partial charge < -0.3 is 4.90 Å². The minimum atomic E-state index is 0.388. The van der Waals surface area contributed by atoms with Crippen molar-refractivity contribution >= 4 is 5.91 Å². The molecule has 0 heterocycles. The van der Waals surface area contributed by atoms with Crippen LogP contribution < -0.4 is 0 Å². The lowest BCUT2D eigenvalue weighted by molar-refractivity contribution is -0.135. The van der Waals surface area contributed by atoms with Gasteiger partial charge in [0, 0.05) is 19.5 Å². The molecular formula is C13H21NO. The maximum absolute atomic E-state index is 12.1. The van der Waals surface area contributed by atoms with Crippen LogP contribution in [0.4, 0.5) is 0 Å². The van der Waals surface area contributed by atoms with Crippen molar-refractivity contribution in [3.8, 4) is 0 Å². The van der Waals surface area contributed by atoms with Gasteiger partial charge in [-0.15, -0.1) is 0 Å². The fraction of sp³-hybridized carbons (Fsp3) is 0.923. The van der Waals surface area contributed by atoms with Gasteiger partial charge in [0.1, 0.15) is 0 Å². The summed E-state index contributed by atoms with van der Waals surface area (Å²) < 4.78 is 0. The predicted octanol–water partition coefficient (Wildman–Crippen LogP) is 2.29. The Morgan fingerprint density at radius 1 is 1.20 bits per heavy atom. The zero-order chi connectivity index (χ0) is 10.4. The number of hydrogen-bond donors (Lipinski definition) is 0. The largest absolute Gasteiger partial charge is 0.345 e. The molecule has 3 aliphatic carbocycles. The minimum absolute atomic E-state index is 0.388. The highest BCUT2D eigenvalue weighted by atomic mass is 16.2. The first kappa shape index (κ1) is 9.68. The number of carbonyl (C=O) groups is 1. The highest BCUT2D eigenvalue weighted by Crippen LogP contribution is 2.54. The number of rotatable bonds is 3. The Morgan fingerprint density at radius 3 is 2.40 bits per heavy atom. The molecule has 3 aliphatic rings. The quantitative estimate of drug-likeness (QED) is 0.695. The second kappa shape index (κ2) is 3.50. The third-order valence-corrected chi connectivity index (χ3v) is 4.73. The lowest BCUT2D eigenvalue weighted by Gasteiger charge is -2.31. The summed E-state index contributed by atoms with van der Waals surface area (Å²) >= 11 is 0. The van der Waals surface area contributed by atoms with Gasteiger partial charge in [-0.1, -0.05) is 6.42 Å². The van der Waals surface area contributed by atoms with Crippen molar-refractivity contribution in [2.24, 2.45) is 23.7 Å². The number of nitrogens with zero attached hydrogens (tertiary/aromatic N) is 1. The average Bonchev–Trinajstić information content (AvgIpc) is 2.78. The van der Waals surface area contributed by atoms with Crippen molar-refractivity contribution in [2.75, 3.05) is 13.6 Å². The normalized spacial score (nSPS) is 38.3. The van der Waals surface area contributed by atoms with E-state index < -0.39 is 0 Å². The standard InChI is InChI=1S/C13H21NO/c1-14(8-9-3-2-4-9)13(15)12-6-10-5-11(10)7-12/h9-12H,2-8H2,1H3. The predicted molar refractivity (Wildman–Crippen MR) is 59.3 cm³/mol. The summed E-state index contributed by atoms with van der Waals surface area (Å²) in [7, 11) is 2.00. The minimum Gasteiger partial charge on any atom is -0.345 e. The van der Waals surface area contributed by atoms with Crippen molar-refractivity contribution in [2.45, 2.75) is 38.5 Å². The van der Waals surface area contributed by atoms with Gasteiger partial charge in [-0.3, -0.25) is 4.79 Å². The average molecular weight is 207 g/mol. The summed E-state index contributed by atoms with van der Waals surface area (Å²) in [4.78, 5) is 14.1. The summed E-state index contributed by atoms with van der Waals surface area (Å²) in [5.74, 6) is 3.50. The molecule has 2 unspecified atom stereocenters. The fourth-order valence-electron chi connectivity index (χ4n) is 3.38. The monoisotopic (exact) mass is 207 g/mol. The molecule has 2 atom stereocenters. The number of fused-ring (bicyclic) bond motifs is 1. The van der Waals surface area contributed by atoms with Crippen LogP contribution in [-0.2, 0) is 4.79 Å². The van der Waals surface area contributed by atoms with Crippen LogP contribution >= 0.6 is 0 Å². The van der Waals surface area contributed by atoms with E-state index >= 15 is 0 Å². The molecule has 0 saturated heterocycles. The Kier molecular flexibility index (Phi) is 2.26. The van der Waals surface area contributed by atoms with E-state index in [4.69, 9.17) is 0 Å². The molecule has 0 bridgehead atoms. The van der Waals surface area contributed by atoms with Crippen LogP contribution in [0.3, 0.4) is 0 Å². The van der Waals surface area contributed by atoms with Gasteiger partial charge in [0.15, 0.2) is 0 Å². The molecule has 0 N–H and O–H groups in total. The first-order valence-electron chi connectivity index (χ1n) is 6.49. The van der Waals surface area contributed by atoms with Gasteiger partial charge in [0.05, 0.1) is 0 Å². The number of amides is 1. The first-order chi connectivity index (χ1) is 7.24. The zero-order valence-corrected chi connectivity index (χ0v) is 9.61. The van der Waals surface area contributed by atoms with Crippen LogP contribution in [-0.4, -0.2) is 24.4 Å². The Hall–Kier alpha value is -0.530. The topological polar surface area (TPSA) is 20.3 Å². The Balaban J connectivity index is 1.49. The molecule has 0 spiro atoms. The van der Waals surface area contributed by atoms with Crippen LogP contribution in [0.15, 0.2) is 0 Å². The van der Waals surface area contributed by atoms with Crippen LogP contribution in [0, 0.1) is 23.7 Å². The van der Waals surface area contributed by atoms with E-state index in [0.29, 0.717) is 11.8 Å². The van der Waals surface area contributed by atoms with Crippen molar-refractivity contribution in [3.63, 3.8) is 0 Å². The molecule has 2 heteroatoms. The molecule has 3 saturated carbocycles. The van der Waals surface area contributed by atoms with Gasteiger partial charge in [-0.25, -0.2) is 0 Å². The third-order valence-electron chi connectivity index (χ3n) is 4.73. The molecule has 0 aromatic rings. The maximum atomic E-state index is 12.1. The molecule has 3 fully saturated rings. The summed E-state index contributed by atoms with van der Waals surface area (Å²) in [6, 6.07) is 0. The summed E-state index contributed by atoms with van der Waals surface area (Å²) in [6.07, 6.45) is 7.86. The van der Waals surface area contributed by atoms with Crippen molar-refractivity contribution in [3.05, 3.63) is 0 Å². The summed E-state index contributed by atoms with van der Waals surface area (Å²) in [5.41, 5.74) is 0. The van der Waals surface area contributed by atoms with Crippen molar-refractivity contribution in [1.82, 2.24) is 4.90 Å². The number of carbonyl (C=O) groups excluding carboxylic acids is 1. The molecule has 0 aliphatic heterocycles.